The van der Waals surface area contributed by atoms with Crippen LogP contribution in [0.4, 0.5) is 0 Å². The van der Waals surface area contributed by atoms with Crippen molar-refractivity contribution in [3.8, 4) is 0 Å². The Morgan fingerprint density at radius 2 is 2.22 bits per heavy atom. The Bertz CT molecular complexity index is 547. The highest BCUT2D eigenvalue weighted by atomic mass is 16.2. The van der Waals surface area contributed by atoms with Crippen LogP contribution in [0.15, 0.2) is 24.3 Å². The van der Waals surface area contributed by atoms with Crippen LogP contribution in [0, 0.1) is 13.8 Å². The van der Waals surface area contributed by atoms with E-state index in [1.807, 2.05) is 6.07 Å². The number of hydrogen-bond donors (Lipinski definition) is 2. The van der Waals surface area contributed by atoms with E-state index in [4.69, 9.17) is 0 Å². The third-order valence-electron chi connectivity index (χ3n) is 2.58. The lowest BCUT2D eigenvalue weighted by Gasteiger charge is -2.03. The molecular weight excluding hydrogens is 228 g/mol. The van der Waals surface area contributed by atoms with E-state index in [0.29, 0.717) is 12.4 Å². The van der Waals surface area contributed by atoms with Crippen LogP contribution in [-0.2, 0) is 6.42 Å². The van der Waals surface area contributed by atoms with E-state index in [1.165, 1.54) is 11.1 Å². The predicted molar refractivity (Wildman–Crippen MR) is 68.3 cm³/mol. The molecule has 1 heterocycles. The number of benzene rings is 1. The van der Waals surface area contributed by atoms with Crippen molar-refractivity contribution in [3.63, 3.8) is 0 Å². The van der Waals surface area contributed by atoms with Crippen LogP contribution in [0.2, 0.25) is 0 Å². The molecule has 5 nitrogen and oxygen atoms in total. The third-order valence-corrected chi connectivity index (χ3v) is 2.58. The highest BCUT2D eigenvalue weighted by Crippen LogP contribution is 2.04. The van der Waals surface area contributed by atoms with Gasteiger partial charge in [0.25, 0.3) is 5.91 Å². The van der Waals surface area contributed by atoms with Gasteiger partial charge in [-0.05, 0) is 25.8 Å². The zero-order valence-corrected chi connectivity index (χ0v) is 10.5. The number of carbonyl (C=O) groups is 1. The normalized spacial score (nSPS) is 10.3. The molecular formula is C13H16N4O. The zero-order valence-electron chi connectivity index (χ0n) is 10.5. The van der Waals surface area contributed by atoms with Crippen LogP contribution in [0.5, 0.6) is 0 Å². The van der Waals surface area contributed by atoms with Gasteiger partial charge in [-0.3, -0.25) is 9.89 Å². The minimum absolute atomic E-state index is 0.191. The first-order valence-corrected chi connectivity index (χ1v) is 5.88. The fourth-order valence-electron chi connectivity index (χ4n) is 1.71. The first kappa shape index (κ1) is 12.3. The van der Waals surface area contributed by atoms with Gasteiger partial charge in [0.2, 0.25) is 5.82 Å². The smallest absolute Gasteiger partial charge is 0.290 e. The summed E-state index contributed by atoms with van der Waals surface area (Å²) in [6, 6.07) is 8.24. The van der Waals surface area contributed by atoms with Gasteiger partial charge in [-0.15, -0.1) is 5.10 Å². The Morgan fingerprint density at radius 1 is 1.39 bits per heavy atom. The van der Waals surface area contributed by atoms with Crippen molar-refractivity contribution >= 4 is 5.91 Å². The molecule has 0 aliphatic carbocycles. The van der Waals surface area contributed by atoms with Crippen molar-refractivity contribution in [3.05, 3.63) is 47.0 Å². The predicted octanol–water partition coefficient (Wildman–Crippen LogP) is 1.39. The lowest BCUT2D eigenvalue weighted by Crippen LogP contribution is -2.26. The van der Waals surface area contributed by atoms with Crippen molar-refractivity contribution in [1.29, 1.82) is 0 Å². The van der Waals surface area contributed by atoms with Crippen LogP contribution < -0.4 is 5.32 Å². The number of carbonyl (C=O) groups excluding carboxylic acids is 1. The van der Waals surface area contributed by atoms with Crippen LogP contribution in [-0.4, -0.2) is 27.6 Å². The number of nitrogens with one attached hydrogen (secondary N) is 2. The fourth-order valence-corrected chi connectivity index (χ4v) is 1.71. The molecule has 0 aliphatic rings. The number of amides is 1. The maximum Gasteiger partial charge on any atom is 0.290 e. The molecule has 0 atom stereocenters. The first-order chi connectivity index (χ1) is 8.65. The summed E-state index contributed by atoms with van der Waals surface area (Å²) in [4.78, 5) is 15.6. The number of hydrogen-bond acceptors (Lipinski definition) is 3. The summed E-state index contributed by atoms with van der Waals surface area (Å²) >= 11 is 0. The molecule has 0 spiro atoms. The Morgan fingerprint density at radius 3 is 2.89 bits per heavy atom. The second kappa shape index (κ2) is 5.44. The van der Waals surface area contributed by atoms with Gasteiger partial charge >= 0.3 is 0 Å². The highest BCUT2D eigenvalue weighted by molar-refractivity contribution is 5.90. The third kappa shape index (κ3) is 3.16. The first-order valence-electron chi connectivity index (χ1n) is 5.88. The molecule has 2 rings (SSSR count). The van der Waals surface area contributed by atoms with Crippen LogP contribution in [0.3, 0.4) is 0 Å². The molecule has 94 valence electrons. The summed E-state index contributed by atoms with van der Waals surface area (Å²) in [5.74, 6) is 0.586. The van der Waals surface area contributed by atoms with E-state index in [-0.39, 0.29) is 11.7 Å². The number of rotatable bonds is 4. The van der Waals surface area contributed by atoms with E-state index >= 15 is 0 Å². The molecule has 0 unspecified atom stereocenters. The van der Waals surface area contributed by atoms with Crippen molar-refractivity contribution in [1.82, 2.24) is 20.5 Å². The van der Waals surface area contributed by atoms with Gasteiger partial charge in [-0.2, -0.15) is 0 Å². The highest BCUT2D eigenvalue weighted by Gasteiger charge is 2.09. The van der Waals surface area contributed by atoms with Crippen molar-refractivity contribution in [2.45, 2.75) is 20.3 Å². The topological polar surface area (TPSA) is 70.7 Å². The minimum Gasteiger partial charge on any atom is -0.349 e. The maximum atomic E-state index is 11.7. The van der Waals surface area contributed by atoms with Gasteiger partial charge in [0.05, 0.1) is 0 Å². The SMILES string of the molecule is Cc1cccc(CCNC(=O)c2n[nH]c(C)n2)c1. The van der Waals surface area contributed by atoms with Gasteiger partial charge in [0, 0.05) is 6.54 Å². The average Bonchev–Trinajstić information content (AvgIpc) is 2.76. The summed E-state index contributed by atoms with van der Waals surface area (Å²) in [6.07, 6.45) is 0.802. The van der Waals surface area contributed by atoms with Gasteiger partial charge in [-0.1, -0.05) is 29.8 Å². The van der Waals surface area contributed by atoms with Gasteiger partial charge in [0.15, 0.2) is 0 Å². The van der Waals surface area contributed by atoms with Crippen molar-refractivity contribution in [2.75, 3.05) is 6.54 Å². The molecule has 0 saturated carbocycles. The molecule has 18 heavy (non-hydrogen) atoms. The Balaban J connectivity index is 1.84. The maximum absolute atomic E-state index is 11.7. The largest absolute Gasteiger partial charge is 0.349 e. The molecule has 0 fully saturated rings. The average molecular weight is 244 g/mol. The summed E-state index contributed by atoms with van der Waals surface area (Å²) in [5, 5.41) is 9.25. The number of H-pyrrole nitrogens is 1. The van der Waals surface area contributed by atoms with Gasteiger partial charge < -0.3 is 5.32 Å². The molecule has 0 radical (unpaired) electrons. The van der Waals surface area contributed by atoms with Gasteiger partial charge in [0.1, 0.15) is 5.82 Å². The lowest BCUT2D eigenvalue weighted by atomic mass is 10.1. The van der Waals surface area contributed by atoms with E-state index in [2.05, 4.69) is 45.6 Å². The quantitative estimate of drug-likeness (QED) is 0.854. The summed E-state index contributed by atoms with van der Waals surface area (Å²) in [6.45, 7) is 4.39. The van der Waals surface area contributed by atoms with Crippen LogP contribution in [0.1, 0.15) is 27.6 Å². The molecule has 2 aromatic rings. The molecule has 5 heteroatoms. The number of aromatic nitrogens is 3. The van der Waals surface area contributed by atoms with E-state index in [1.54, 1.807) is 6.92 Å². The standard InChI is InChI=1S/C13H16N4O/c1-9-4-3-5-11(8-9)6-7-14-13(18)12-15-10(2)16-17-12/h3-5,8H,6-7H2,1-2H3,(H,14,18)(H,15,16,17). The Kier molecular flexibility index (Phi) is 3.72. The second-order valence-corrected chi connectivity index (χ2v) is 4.24. The minimum atomic E-state index is -0.244. The molecule has 2 N–H and O–H groups in total. The summed E-state index contributed by atoms with van der Waals surface area (Å²) < 4.78 is 0. The zero-order chi connectivity index (χ0) is 13.0. The fraction of sp³-hybridized carbons (Fsp3) is 0.308. The molecule has 0 aliphatic heterocycles. The molecule has 0 bridgehead atoms. The van der Waals surface area contributed by atoms with Gasteiger partial charge in [-0.25, -0.2) is 4.98 Å². The molecule has 0 saturated heterocycles. The molecule has 1 aromatic carbocycles. The lowest BCUT2D eigenvalue weighted by molar-refractivity contribution is 0.0944. The van der Waals surface area contributed by atoms with E-state index in [0.717, 1.165) is 6.42 Å². The van der Waals surface area contributed by atoms with E-state index < -0.39 is 0 Å². The Labute approximate surface area is 106 Å². The number of nitrogens with zero attached hydrogens (tertiary/aromatic N) is 2. The van der Waals surface area contributed by atoms with E-state index in [9.17, 15) is 4.79 Å². The summed E-state index contributed by atoms with van der Waals surface area (Å²) in [7, 11) is 0. The monoisotopic (exact) mass is 244 g/mol. The van der Waals surface area contributed by atoms with Crippen LogP contribution in [0.25, 0.3) is 0 Å². The second-order valence-electron chi connectivity index (χ2n) is 4.24. The van der Waals surface area contributed by atoms with Crippen molar-refractivity contribution in [2.24, 2.45) is 0 Å². The van der Waals surface area contributed by atoms with Crippen molar-refractivity contribution < 1.29 is 4.79 Å². The Hall–Kier alpha value is -2.17. The number of aromatic amines is 1. The molecule has 1 aromatic heterocycles. The number of aryl methyl sites for hydroxylation is 2. The summed E-state index contributed by atoms with van der Waals surface area (Å²) in [5.41, 5.74) is 2.44. The molecule has 1 amide bonds. The van der Waals surface area contributed by atoms with Crippen LogP contribution >= 0.6 is 0 Å².